The molecular formula is C39H43N6O4Si+. The lowest BCUT2D eigenvalue weighted by atomic mass is 9.86. The second kappa shape index (κ2) is 13.8. The molecule has 50 heavy (non-hydrogen) atoms. The summed E-state index contributed by atoms with van der Waals surface area (Å²) in [7, 11) is 5.87. The van der Waals surface area contributed by atoms with Crippen LogP contribution in [-0.2, 0) is 0 Å². The Bertz CT molecular complexity index is 2100. The Morgan fingerprint density at radius 2 is 1.78 bits per heavy atom. The third kappa shape index (κ3) is 6.81. The van der Waals surface area contributed by atoms with Crippen LogP contribution in [0.4, 0.5) is 11.5 Å². The van der Waals surface area contributed by atoms with Crippen LogP contribution in [-0.4, -0.2) is 86.7 Å². The number of aromatic carboxylic acids is 1. The van der Waals surface area contributed by atoms with Crippen molar-refractivity contribution in [2.75, 3.05) is 52.0 Å². The van der Waals surface area contributed by atoms with E-state index < -0.39 is 14.0 Å². The van der Waals surface area contributed by atoms with Crippen LogP contribution in [0.2, 0.25) is 13.1 Å². The van der Waals surface area contributed by atoms with Crippen molar-refractivity contribution in [1.29, 1.82) is 0 Å². The van der Waals surface area contributed by atoms with Crippen molar-refractivity contribution in [2.45, 2.75) is 25.9 Å². The Kier molecular flexibility index (Phi) is 9.44. The van der Waals surface area contributed by atoms with E-state index in [9.17, 15) is 14.7 Å². The molecule has 0 saturated carbocycles. The fourth-order valence-electron chi connectivity index (χ4n) is 6.62. The number of carbonyl (C=O) groups excluding carboxylic acids is 1. The lowest BCUT2D eigenvalue weighted by molar-refractivity contribution is -0.462. The molecule has 0 radical (unpaired) electrons. The first-order chi connectivity index (χ1) is 23.8. The normalized spacial score (nSPS) is 16.0. The number of aromatic nitrogens is 2. The molecule has 0 atom stereocenters. The smallest absolute Gasteiger partial charge is 0.336 e. The molecule has 1 aromatic heterocycles. The zero-order chi connectivity index (χ0) is 35.7. The van der Waals surface area contributed by atoms with Crippen molar-refractivity contribution in [2.24, 2.45) is 0 Å². The number of amides is 1. The SMILES string of the molecule is CN(C)c1ccc2c(c1)[Si](C)(C)C1=CC(=[N+](C)C)C=CC1=C2c1cc(C(=O)NCC2=CC=C(COc3nccc(N)n3)CC2)ccc1C(=O)O. The van der Waals surface area contributed by atoms with E-state index in [1.54, 1.807) is 30.5 Å². The van der Waals surface area contributed by atoms with Gasteiger partial charge in [0.1, 0.15) is 34.6 Å². The van der Waals surface area contributed by atoms with Crippen LogP contribution in [0.3, 0.4) is 0 Å². The summed E-state index contributed by atoms with van der Waals surface area (Å²) in [5.74, 6) is -0.954. The van der Waals surface area contributed by atoms with Crippen LogP contribution in [0.25, 0.3) is 5.57 Å². The molecule has 0 bridgehead atoms. The largest absolute Gasteiger partial charge is 0.478 e. The lowest BCUT2D eigenvalue weighted by Crippen LogP contribution is -2.49. The van der Waals surface area contributed by atoms with Gasteiger partial charge in [-0.15, -0.1) is 0 Å². The lowest BCUT2D eigenvalue weighted by Gasteiger charge is -2.38. The highest BCUT2D eigenvalue weighted by atomic mass is 28.3. The second-order valence-electron chi connectivity index (χ2n) is 13.7. The molecular weight excluding hydrogens is 645 g/mol. The molecule has 2 aromatic carbocycles. The number of nitrogens with one attached hydrogen (secondary N) is 1. The zero-order valence-corrected chi connectivity index (χ0v) is 30.4. The first-order valence-electron chi connectivity index (χ1n) is 16.6. The maximum absolute atomic E-state index is 13.6. The van der Waals surface area contributed by atoms with Gasteiger partial charge < -0.3 is 25.8 Å². The van der Waals surface area contributed by atoms with E-state index in [-0.39, 0.29) is 17.5 Å². The highest BCUT2D eigenvalue weighted by Gasteiger charge is 2.41. The van der Waals surface area contributed by atoms with Gasteiger partial charge in [0.15, 0.2) is 5.71 Å². The molecule has 0 unspecified atom stereocenters. The molecule has 0 saturated heterocycles. The van der Waals surface area contributed by atoms with Crippen molar-refractivity contribution in [1.82, 2.24) is 15.3 Å². The van der Waals surface area contributed by atoms with Crippen molar-refractivity contribution in [3.8, 4) is 6.01 Å². The molecule has 2 aliphatic carbocycles. The van der Waals surface area contributed by atoms with Gasteiger partial charge in [0.25, 0.3) is 5.91 Å². The van der Waals surface area contributed by atoms with Gasteiger partial charge in [-0.1, -0.05) is 36.9 Å². The number of carbonyl (C=O) groups is 2. The second-order valence-corrected chi connectivity index (χ2v) is 18.0. The summed E-state index contributed by atoms with van der Waals surface area (Å²) < 4.78 is 7.77. The number of fused-ring (bicyclic) bond motifs is 2. The molecule has 2 heterocycles. The Balaban J connectivity index is 1.32. The molecule has 1 aliphatic heterocycles. The number of hydrogen-bond donors (Lipinski definition) is 3. The number of carboxylic acid groups (broad SMARTS) is 1. The number of allylic oxidation sites excluding steroid dienone is 7. The van der Waals surface area contributed by atoms with E-state index in [4.69, 9.17) is 10.5 Å². The molecule has 256 valence electrons. The molecule has 0 spiro atoms. The molecule has 1 amide bonds. The molecule has 0 fully saturated rings. The number of carboxylic acids is 1. The number of anilines is 2. The molecule has 11 heteroatoms. The van der Waals surface area contributed by atoms with Gasteiger partial charge in [0, 0.05) is 50.2 Å². The minimum atomic E-state index is -2.23. The Morgan fingerprint density at radius 1 is 1.02 bits per heavy atom. The quantitative estimate of drug-likeness (QED) is 0.217. The van der Waals surface area contributed by atoms with E-state index >= 15 is 0 Å². The van der Waals surface area contributed by atoms with E-state index in [1.807, 2.05) is 40.3 Å². The average molecular weight is 688 g/mol. The van der Waals surface area contributed by atoms with Crippen molar-refractivity contribution < 1.29 is 24.0 Å². The molecule has 3 aliphatic rings. The summed E-state index contributed by atoms with van der Waals surface area (Å²) in [6.07, 6.45) is 13.5. The maximum Gasteiger partial charge on any atom is 0.336 e. The van der Waals surface area contributed by atoms with Gasteiger partial charge >= 0.3 is 12.0 Å². The number of hydrogen-bond acceptors (Lipinski definition) is 7. The van der Waals surface area contributed by atoms with E-state index in [0.29, 0.717) is 30.1 Å². The predicted octanol–water partition coefficient (Wildman–Crippen LogP) is 4.76. The highest BCUT2D eigenvalue weighted by molar-refractivity contribution is 6.98. The summed E-state index contributed by atoms with van der Waals surface area (Å²) in [5, 5.41) is 15.9. The standard InChI is InChI=1S/C39H42N6O4Si/c1-44(2)27-12-15-30-33(20-27)50(5,6)34-21-28(45(3)4)13-16-31(34)36(30)32-19-26(11-14-29(32)38(47)48)37(46)42-22-24-7-9-25(10-8-24)23-49-39-41-18-17-35(40)43-39/h7,9,11-21H,8,10,22-23H2,1-6H3,(H3-,40,41,42,43,46,47,48)/p+1. The van der Waals surface area contributed by atoms with Crippen LogP contribution in [0.1, 0.15) is 44.7 Å². The van der Waals surface area contributed by atoms with Gasteiger partial charge in [-0.2, -0.15) is 4.98 Å². The summed E-state index contributed by atoms with van der Waals surface area (Å²) >= 11 is 0. The Hall–Kier alpha value is -5.55. The van der Waals surface area contributed by atoms with E-state index in [1.165, 1.54) is 10.4 Å². The fraction of sp³-hybridized carbons (Fsp3) is 0.256. The molecule has 10 nitrogen and oxygen atoms in total. The summed E-state index contributed by atoms with van der Waals surface area (Å²) in [4.78, 5) is 36.6. The summed E-state index contributed by atoms with van der Waals surface area (Å²) in [5.41, 5.74) is 14.0. The van der Waals surface area contributed by atoms with E-state index in [2.05, 4.69) is 74.3 Å². The van der Waals surface area contributed by atoms with Crippen molar-refractivity contribution in [3.63, 3.8) is 0 Å². The number of nitrogen functional groups attached to an aromatic ring is 1. The van der Waals surface area contributed by atoms with Crippen LogP contribution >= 0.6 is 0 Å². The van der Waals surface area contributed by atoms with Crippen molar-refractivity contribution >= 4 is 47.9 Å². The topological polar surface area (TPSA) is 134 Å². The fourth-order valence-corrected chi connectivity index (χ4v) is 9.69. The van der Waals surface area contributed by atoms with Gasteiger partial charge in [-0.05, 0) is 93.5 Å². The summed E-state index contributed by atoms with van der Waals surface area (Å²) in [6.45, 7) is 5.43. The van der Waals surface area contributed by atoms with E-state index in [0.717, 1.165) is 52.1 Å². The number of nitrogens with two attached hydrogens (primary N) is 1. The first-order valence-corrected chi connectivity index (χ1v) is 19.6. The monoisotopic (exact) mass is 687 g/mol. The van der Waals surface area contributed by atoms with Gasteiger partial charge in [0.2, 0.25) is 0 Å². The summed E-state index contributed by atoms with van der Waals surface area (Å²) in [6, 6.07) is 13.2. The molecule has 6 rings (SSSR count). The Labute approximate surface area is 293 Å². The minimum absolute atomic E-state index is 0.154. The third-order valence-corrected chi connectivity index (χ3v) is 13.1. The number of nitrogens with zero attached hydrogens (tertiary/aromatic N) is 4. The highest BCUT2D eigenvalue weighted by Crippen LogP contribution is 2.43. The molecule has 3 aromatic rings. The first kappa shape index (κ1) is 34.3. The number of rotatable bonds is 9. The predicted molar refractivity (Wildman–Crippen MR) is 201 cm³/mol. The van der Waals surface area contributed by atoms with Gasteiger partial charge in [-0.3, -0.25) is 4.79 Å². The number of benzene rings is 2. The van der Waals surface area contributed by atoms with Gasteiger partial charge in [-0.25, -0.2) is 14.4 Å². The molecule has 4 N–H and O–H groups in total. The zero-order valence-electron chi connectivity index (χ0n) is 29.4. The van der Waals surface area contributed by atoms with Gasteiger partial charge in [0.05, 0.1) is 5.56 Å². The van der Waals surface area contributed by atoms with Crippen LogP contribution < -0.4 is 25.9 Å². The maximum atomic E-state index is 13.6. The van der Waals surface area contributed by atoms with Crippen molar-refractivity contribution in [3.05, 3.63) is 123 Å². The van der Waals surface area contributed by atoms with Crippen LogP contribution in [0, 0.1) is 0 Å². The number of ether oxygens (including phenoxy) is 1. The van der Waals surface area contributed by atoms with Crippen LogP contribution in [0.15, 0.2) is 101 Å². The average Bonchev–Trinajstić information content (AvgIpc) is 3.09. The van der Waals surface area contributed by atoms with Crippen LogP contribution in [0.5, 0.6) is 6.01 Å². The Morgan fingerprint density at radius 3 is 2.46 bits per heavy atom. The minimum Gasteiger partial charge on any atom is -0.478 e. The third-order valence-electron chi connectivity index (χ3n) is 9.55.